The van der Waals surface area contributed by atoms with Gasteiger partial charge in [-0.3, -0.25) is 4.99 Å². The Kier molecular flexibility index (Phi) is 7.41. The third kappa shape index (κ3) is 5.93. The molecule has 0 saturated carbocycles. The Morgan fingerprint density at radius 3 is 2.84 bits per heavy atom. The van der Waals surface area contributed by atoms with Crippen LogP contribution >= 0.6 is 27.3 Å². The van der Waals surface area contributed by atoms with Crippen molar-refractivity contribution in [1.82, 2.24) is 10.2 Å². The predicted molar refractivity (Wildman–Crippen MR) is 85.7 cm³/mol. The number of hydrogen-bond donors (Lipinski definition) is 2. The minimum Gasteiger partial charge on any atom is -0.396 e. The van der Waals surface area contributed by atoms with E-state index < -0.39 is 0 Å². The minimum absolute atomic E-state index is 0.171. The molecule has 0 aliphatic carbocycles. The number of hydrogen-bond acceptors (Lipinski definition) is 3. The van der Waals surface area contributed by atoms with Crippen molar-refractivity contribution in [2.24, 2.45) is 10.9 Å². The van der Waals surface area contributed by atoms with Gasteiger partial charge in [-0.15, -0.1) is 11.3 Å². The first-order valence-corrected chi connectivity index (χ1v) is 8.02. The Balaban J connectivity index is 2.63. The van der Waals surface area contributed by atoms with Gasteiger partial charge in [0, 0.05) is 31.6 Å². The first-order chi connectivity index (χ1) is 9.06. The average molecular weight is 348 g/mol. The Bertz CT molecular complexity index is 408. The Hall–Kier alpha value is -0.590. The molecule has 0 saturated heterocycles. The zero-order valence-corrected chi connectivity index (χ0v) is 14.1. The molecule has 1 atom stereocenters. The van der Waals surface area contributed by atoms with Gasteiger partial charge >= 0.3 is 0 Å². The summed E-state index contributed by atoms with van der Waals surface area (Å²) >= 11 is 5.21. The van der Waals surface area contributed by atoms with Crippen LogP contribution in [0.4, 0.5) is 0 Å². The molecule has 19 heavy (non-hydrogen) atoms. The van der Waals surface area contributed by atoms with Crippen molar-refractivity contribution in [2.45, 2.75) is 20.4 Å². The van der Waals surface area contributed by atoms with Crippen LogP contribution in [0.2, 0.25) is 0 Å². The third-order valence-electron chi connectivity index (χ3n) is 2.58. The van der Waals surface area contributed by atoms with E-state index in [0.717, 1.165) is 22.8 Å². The quantitative estimate of drug-likeness (QED) is 0.614. The molecule has 0 bridgehead atoms. The van der Waals surface area contributed by atoms with E-state index in [1.807, 2.05) is 14.0 Å². The average Bonchev–Trinajstić information content (AvgIpc) is 2.79. The lowest BCUT2D eigenvalue weighted by Crippen LogP contribution is -2.38. The van der Waals surface area contributed by atoms with E-state index >= 15 is 0 Å². The highest BCUT2D eigenvalue weighted by Crippen LogP contribution is 2.22. The zero-order chi connectivity index (χ0) is 14.3. The first-order valence-electron chi connectivity index (χ1n) is 6.41. The van der Waals surface area contributed by atoms with Gasteiger partial charge in [0.15, 0.2) is 5.96 Å². The Morgan fingerprint density at radius 2 is 2.32 bits per heavy atom. The fourth-order valence-corrected chi connectivity index (χ4v) is 3.05. The van der Waals surface area contributed by atoms with Crippen LogP contribution in [0.25, 0.3) is 0 Å². The second-order valence-electron chi connectivity index (χ2n) is 4.54. The fraction of sp³-hybridized carbons (Fsp3) is 0.615. The molecule has 4 nitrogen and oxygen atoms in total. The van der Waals surface area contributed by atoms with Gasteiger partial charge in [0.05, 0.1) is 10.3 Å². The SMILES string of the molecule is CCNC(=NCC(C)CO)N(C)Cc1ccc(Br)s1. The highest BCUT2D eigenvalue weighted by Gasteiger charge is 2.08. The molecule has 108 valence electrons. The highest BCUT2D eigenvalue weighted by atomic mass is 79.9. The topological polar surface area (TPSA) is 47.9 Å². The predicted octanol–water partition coefficient (Wildman–Crippen LogP) is 2.54. The zero-order valence-electron chi connectivity index (χ0n) is 11.7. The van der Waals surface area contributed by atoms with Gasteiger partial charge < -0.3 is 15.3 Å². The van der Waals surface area contributed by atoms with E-state index in [-0.39, 0.29) is 12.5 Å². The largest absolute Gasteiger partial charge is 0.396 e. The van der Waals surface area contributed by atoms with E-state index in [9.17, 15) is 0 Å². The second kappa shape index (κ2) is 8.55. The molecule has 1 unspecified atom stereocenters. The summed E-state index contributed by atoms with van der Waals surface area (Å²) in [7, 11) is 2.03. The molecule has 1 heterocycles. The van der Waals surface area contributed by atoms with Gasteiger partial charge in [-0.2, -0.15) is 0 Å². The minimum atomic E-state index is 0.171. The summed E-state index contributed by atoms with van der Waals surface area (Å²) in [4.78, 5) is 7.94. The number of guanidine groups is 1. The van der Waals surface area contributed by atoms with Crippen LogP contribution < -0.4 is 5.32 Å². The normalized spacial score (nSPS) is 13.4. The molecule has 0 fully saturated rings. The van der Waals surface area contributed by atoms with Crippen molar-refractivity contribution in [1.29, 1.82) is 0 Å². The molecule has 1 aromatic heterocycles. The lowest BCUT2D eigenvalue weighted by Gasteiger charge is -2.21. The molecule has 1 aromatic rings. The van der Waals surface area contributed by atoms with Crippen LogP contribution in [0.5, 0.6) is 0 Å². The van der Waals surface area contributed by atoms with E-state index in [1.165, 1.54) is 4.88 Å². The lowest BCUT2D eigenvalue weighted by molar-refractivity contribution is 0.241. The number of nitrogens with one attached hydrogen (secondary N) is 1. The molecule has 0 amide bonds. The van der Waals surface area contributed by atoms with E-state index in [0.29, 0.717) is 6.54 Å². The summed E-state index contributed by atoms with van der Waals surface area (Å²) in [6, 6.07) is 4.18. The van der Waals surface area contributed by atoms with Gasteiger partial charge in [0.1, 0.15) is 0 Å². The first kappa shape index (κ1) is 16.5. The van der Waals surface area contributed by atoms with E-state index in [1.54, 1.807) is 11.3 Å². The van der Waals surface area contributed by atoms with Crippen molar-refractivity contribution >= 4 is 33.2 Å². The number of aliphatic imine (C=N–C) groups is 1. The molecular weight excluding hydrogens is 326 g/mol. The fourth-order valence-electron chi connectivity index (χ4n) is 1.52. The summed E-state index contributed by atoms with van der Waals surface area (Å²) in [6.07, 6.45) is 0. The summed E-state index contributed by atoms with van der Waals surface area (Å²) < 4.78 is 1.15. The van der Waals surface area contributed by atoms with Gasteiger partial charge in [-0.1, -0.05) is 6.92 Å². The maximum Gasteiger partial charge on any atom is 0.193 e. The number of rotatable bonds is 6. The molecule has 0 radical (unpaired) electrons. The maximum atomic E-state index is 9.05. The van der Waals surface area contributed by atoms with Crippen molar-refractivity contribution in [2.75, 3.05) is 26.7 Å². The summed E-state index contributed by atoms with van der Waals surface area (Å²) in [6.45, 7) is 6.52. The number of thiophene rings is 1. The van der Waals surface area contributed by atoms with Gasteiger partial charge in [0.2, 0.25) is 0 Å². The van der Waals surface area contributed by atoms with Crippen molar-refractivity contribution in [3.05, 3.63) is 20.8 Å². The molecule has 6 heteroatoms. The lowest BCUT2D eigenvalue weighted by atomic mass is 10.2. The highest BCUT2D eigenvalue weighted by molar-refractivity contribution is 9.11. The van der Waals surface area contributed by atoms with Crippen molar-refractivity contribution in [3.63, 3.8) is 0 Å². The standard InChI is InChI=1S/C13H22BrN3OS/c1-4-15-13(16-7-10(2)9-18)17(3)8-11-5-6-12(14)19-11/h5-6,10,18H,4,7-9H2,1-3H3,(H,15,16). The van der Waals surface area contributed by atoms with Crippen LogP contribution in [-0.2, 0) is 6.54 Å². The van der Waals surface area contributed by atoms with Crippen LogP contribution in [0.3, 0.4) is 0 Å². The van der Waals surface area contributed by atoms with E-state index in [4.69, 9.17) is 5.11 Å². The van der Waals surface area contributed by atoms with Gasteiger partial charge in [-0.25, -0.2) is 0 Å². The third-order valence-corrected chi connectivity index (χ3v) is 4.19. The molecule has 0 aliphatic heterocycles. The molecule has 0 aliphatic rings. The Morgan fingerprint density at radius 1 is 1.58 bits per heavy atom. The van der Waals surface area contributed by atoms with Gasteiger partial charge in [-0.05, 0) is 40.9 Å². The Labute approximate surface area is 127 Å². The van der Waals surface area contributed by atoms with Crippen LogP contribution in [0, 0.1) is 5.92 Å². The molecule has 1 rings (SSSR count). The maximum absolute atomic E-state index is 9.05. The number of aliphatic hydroxyl groups excluding tert-OH is 1. The molecule has 2 N–H and O–H groups in total. The van der Waals surface area contributed by atoms with Crippen LogP contribution in [-0.4, -0.2) is 42.7 Å². The van der Waals surface area contributed by atoms with E-state index in [2.05, 4.69) is 50.2 Å². The number of nitrogens with zero attached hydrogens (tertiary/aromatic N) is 2. The van der Waals surface area contributed by atoms with Crippen LogP contribution in [0.1, 0.15) is 18.7 Å². The molecule has 0 aromatic carbocycles. The van der Waals surface area contributed by atoms with Crippen molar-refractivity contribution in [3.8, 4) is 0 Å². The van der Waals surface area contributed by atoms with Gasteiger partial charge in [0.25, 0.3) is 0 Å². The summed E-state index contributed by atoms with van der Waals surface area (Å²) in [5.41, 5.74) is 0. The smallest absolute Gasteiger partial charge is 0.193 e. The monoisotopic (exact) mass is 347 g/mol. The van der Waals surface area contributed by atoms with Crippen molar-refractivity contribution < 1.29 is 5.11 Å². The summed E-state index contributed by atoms with van der Waals surface area (Å²) in [5.74, 6) is 1.07. The molecular formula is C13H22BrN3OS. The molecule has 0 spiro atoms. The van der Waals surface area contributed by atoms with Crippen LogP contribution in [0.15, 0.2) is 20.9 Å². The second-order valence-corrected chi connectivity index (χ2v) is 7.09. The number of aliphatic hydroxyl groups is 1. The summed E-state index contributed by atoms with van der Waals surface area (Å²) in [5, 5.41) is 12.3. The number of halogens is 1.